The maximum absolute atomic E-state index is 11.7. The van der Waals surface area contributed by atoms with E-state index >= 15 is 0 Å². The van der Waals surface area contributed by atoms with Crippen molar-refractivity contribution >= 4 is 46.0 Å². The summed E-state index contributed by atoms with van der Waals surface area (Å²) in [5, 5.41) is 5.99. The second kappa shape index (κ2) is 11.3. The highest BCUT2D eigenvalue weighted by Crippen LogP contribution is 2.32. The fourth-order valence-corrected chi connectivity index (χ4v) is 2.93. The van der Waals surface area contributed by atoms with Crippen LogP contribution in [0.25, 0.3) is 0 Å². The van der Waals surface area contributed by atoms with Crippen molar-refractivity contribution in [3.63, 3.8) is 0 Å². The van der Waals surface area contributed by atoms with Crippen LogP contribution >= 0.6 is 40.1 Å². The Kier molecular flexibility index (Phi) is 11.2. The number of ether oxygens (including phenoxy) is 1. The molecule has 1 amide bonds. The molecule has 0 aliphatic heterocycles. The number of rotatable bonds is 9. The molecule has 7 heteroatoms. The van der Waals surface area contributed by atoms with Gasteiger partial charge in [0.05, 0.1) is 13.2 Å². The van der Waals surface area contributed by atoms with Crippen LogP contribution in [0.2, 0.25) is 0 Å². The van der Waals surface area contributed by atoms with E-state index in [1.54, 1.807) is 18.9 Å². The summed E-state index contributed by atoms with van der Waals surface area (Å²) >= 11 is 5.18. The summed E-state index contributed by atoms with van der Waals surface area (Å²) in [7, 11) is 1.64. The topological polar surface area (TPSA) is 50.4 Å². The number of hydrogen-bond acceptors (Lipinski definition) is 4. The molecule has 0 atom stereocenters. The molecule has 1 rings (SSSR count). The molecule has 0 saturated heterocycles. The van der Waals surface area contributed by atoms with Crippen LogP contribution in [-0.2, 0) is 9.53 Å². The van der Waals surface area contributed by atoms with Gasteiger partial charge in [0.1, 0.15) is 0 Å². The van der Waals surface area contributed by atoms with Gasteiger partial charge in [-0.25, -0.2) is 0 Å². The molecule has 126 valence electrons. The minimum Gasteiger partial charge on any atom is -0.383 e. The van der Waals surface area contributed by atoms with E-state index in [9.17, 15) is 4.79 Å². The van der Waals surface area contributed by atoms with E-state index in [1.807, 2.05) is 12.1 Å². The Labute approximate surface area is 151 Å². The zero-order valence-corrected chi connectivity index (χ0v) is 16.4. The van der Waals surface area contributed by atoms with Gasteiger partial charge in [-0.05, 0) is 38.1 Å². The molecule has 0 aromatic heterocycles. The number of halogens is 2. The molecule has 0 heterocycles. The second-order valence-electron chi connectivity index (χ2n) is 5.26. The van der Waals surface area contributed by atoms with Gasteiger partial charge in [0, 0.05) is 34.3 Å². The van der Waals surface area contributed by atoms with E-state index in [2.05, 4.69) is 52.5 Å². The van der Waals surface area contributed by atoms with Gasteiger partial charge >= 0.3 is 0 Å². The molecule has 0 fully saturated rings. The molecule has 1 aromatic carbocycles. The Morgan fingerprint density at radius 1 is 1.32 bits per heavy atom. The summed E-state index contributed by atoms with van der Waals surface area (Å²) in [6, 6.07) is 8.20. The molecule has 0 bridgehead atoms. The Bertz CT molecular complexity index is 444. The summed E-state index contributed by atoms with van der Waals surface area (Å²) in [6.07, 6.45) is 0. The lowest BCUT2D eigenvalue weighted by Crippen LogP contribution is -2.41. The third-order valence-electron chi connectivity index (χ3n) is 2.69. The van der Waals surface area contributed by atoms with Gasteiger partial charge in [0.25, 0.3) is 0 Å². The van der Waals surface area contributed by atoms with Crippen LogP contribution in [0.4, 0.5) is 0 Å². The fraction of sp³-hybridized carbons (Fsp3) is 0.533. The molecule has 0 saturated carbocycles. The van der Waals surface area contributed by atoms with Crippen molar-refractivity contribution in [3.05, 3.63) is 28.7 Å². The third-order valence-corrected chi connectivity index (χ3v) is 4.42. The predicted molar refractivity (Wildman–Crippen MR) is 99.1 cm³/mol. The minimum absolute atomic E-state index is 0. The highest BCUT2D eigenvalue weighted by Gasteiger charge is 2.20. The molecule has 0 unspecified atom stereocenters. The number of hydrogen-bond donors (Lipinski definition) is 2. The largest absolute Gasteiger partial charge is 0.383 e. The number of nitrogens with one attached hydrogen (secondary N) is 2. The molecule has 1 aromatic rings. The summed E-state index contributed by atoms with van der Waals surface area (Å²) in [4.78, 5) is 12.9. The van der Waals surface area contributed by atoms with Gasteiger partial charge in [-0.3, -0.25) is 4.79 Å². The van der Waals surface area contributed by atoms with Crippen LogP contribution in [0.1, 0.15) is 13.8 Å². The number of methoxy groups -OCH3 is 1. The van der Waals surface area contributed by atoms with Gasteiger partial charge in [-0.15, -0.1) is 24.2 Å². The third kappa shape index (κ3) is 9.69. The van der Waals surface area contributed by atoms with Crippen LogP contribution < -0.4 is 10.6 Å². The highest BCUT2D eigenvalue weighted by molar-refractivity contribution is 9.10. The van der Waals surface area contributed by atoms with Crippen molar-refractivity contribution in [1.82, 2.24) is 10.6 Å². The molecule has 0 aliphatic carbocycles. The molecule has 4 nitrogen and oxygen atoms in total. The Balaban J connectivity index is 0.00000441. The summed E-state index contributed by atoms with van der Waals surface area (Å²) in [5.41, 5.74) is 0. The maximum atomic E-state index is 11.7. The maximum Gasteiger partial charge on any atom is 0.234 e. The molecule has 0 radical (unpaired) electrons. The normalized spacial score (nSPS) is 10.9. The Hall–Kier alpha value is -0.270. The first-order valence-electron chi connectivity index (χ1n) is 6.84. The SMILES string of the molecule is COCCNCC(=O)NCC(C)(C)Sc1ccc(Br)cc1.Cl. The second-order valence-corrected chi connectivity index (χ2v) is 7.96. The summed E-state index contributed by atoms with van der Waals surface area (Å²) in [5.74, 6) is 0.00980. The molecular weight excluding hydrogens is 388 g/mol. The number of amides is 1. The smallest absolute Gasteiger partial charge is 0.234 e. The zero-order chi connectivity index (χ0) is 15.7. The quantitative estimate of drug-likeness (QED) is 0.484. The van der Waals surface area contributed by atoms with Gasteiger partial charge in [-0.1, -0.05) is 15.9 Å². The van der Waals surface area contributed by atoms with E-state index in [-0.39, 0.29) is 23.1 Å². The lowest BCUT2D eigenvalue weighted by molar-refractivity contribution is -0.120. The Morgan fingerprint density at radius 3 is 2.55 bits per heavy atom. The summed E-state index contributed by atoms with van der Waals surface area (Å²) < 4.78 is 5.92. The van der Waals surface area contributed by atoms with Crippen molar-refractivity contribution < 1.29 is 9.53 Å². The van der Waals surface area contributed by atoms with Crippen molar-refractivity contribution in [2.24, 2.45) is 0 Å². The standard InChI is InChI=1S/C15H23BrN2O2S.ClH/c1-15(2,21-13-6-4-12(16)5-7-13)11-18-14(19)10-17-8-9-20-3;/h4-7,17H,8-11H2,1-3H3,(H,18,19);1H. The van der Waals surface area contributed by atoms with Gasteiger partial charge in [0.15, 0.2) is 0 Å². The van der Waals surface area contributed by atoms with Gasteiger partial charge in [-0.2, -0.15) is 0 Å². The van der Waals surface area contributed by atoms with Crippen LogP contribution in [0, 0.1) is 0 Å². The van der Waals surface area contributed by atoms with E-state index in [1.165, 1.54) is 4.90 Å². The van der Waals surface area contributed by atoms with Crippen LogP contribution in [0.5, 0.6) is 0 Å². The lowest BCUT2D eigenvalue weighted by Gasteiger charge is -2.24. The molecule has 2 N–H and O–H groups in total. The highest BCUT2D eigenvalue weighted by atomic mass is 79.9. The number of carbonyl (C=O) groups is 1. The van der Waals surface area contributed by atoms with E-state index < -0.39 is 0 Å². The van der Waals surface area contributed by atoms with Crippen molar-refractivity contribution in [1.29, 1.82) is 0 Å². The molecule has 0 spiro atoms. The van der Waals surface area contributed by atoms with Crippen molar-refractivity contribution in [2.75, 3.05) is 33.4 Å². The van der Waals surface area contributed by atoms with E-state index in [4.69, 9.17) is 4.74 Å². The summed E-state index contributed by atoms with van der Waals surface area (Å²) in [6.45, 7) is 6.48. The number of thioether (sulfide) groups is 1. The lowest BCUT2D eigenvalue weighted by atomic mass is 10.2. The van der Waals surface area contributed by atoms with Crippen LogP contribution in [0.15, 0.2) is 33.6 Å². The average molecular weight is 412 g/mol. The first-order valence-corrected chi connectivity index (χ1v) is 8.45. The van der Waals surface area contributed by atoms with E-state index in [0.29, 0.717) is 26.2 Å². The molecular formula is C15H24BrClN2O2S. The number of carbonyl (C=O) groups excluding carboxylic acids is 1. The van der Waals surface area contributed by atoms with Gasteiger partial charge in [0.2, 0.25) is 5.91 Å². The monoisotopic (exact) mass is 410 g/mol. The first-order chi connectivity index (χ1) is 9.93. The number of benzene rings is 1. The first kappa shape index (κ1) is 21.7. The van der Waals surface area contributed by atoms with Crippen LogP contribution in [-0.4, -0.2) is 44.0 Å². The van der Waals surface area contributed by atoms with Crippen molar-refractivity contribution in [3.8, 4) is 0 Å². The Morgan fingerprint density at radius 2 is 1.95 bits per heavy atom. The van der Waals surface area contributed by atoms with Crippen molar-refractivity contribution in [2.45, 2.75) is 23.5 Å². The average Bonchev–Trinajstić information content (AvgIpc) is 2.44. The van der Waals surface area contributed by atoms with Gasteiger partial charge < -0.3 is 15.4 Å². The molecule has 22 heavy (non-hydrogen) atoms. The predicted octanol–water partition coefficient (Wildman–Crippen LogP) is 3.09. The minimum atomic E-state index is -0.0595. The molecule has 0 aliphatic rings. The van der Waals surface area contributed by atoms with Crippen LogP contribution in [0.3, 0.4) is 0 Å². The van der Waals surface area contributed by atoms with E-state index in [0.717, 1.165) is 4.47 Å². The fourth-order valence-electron chi connectivity index (χ4n) is 1.61. The zero-order valence-electron chi connectivity index (χ0n) is 13.1.